The van der Waals surface area contributed by atoms with Gasteiger partial charge in [-0.05, 0) is 23.6 Å². The van der Waals surface area contributed by atoms with Crippen LogP contribution in [0.1, 0.15) is 11.1 Å². The average Bonchev–Trinajstić information content (AvgIpc) is 2.72. The van der Waals surface area contributed by atoms with Crippen molar-refractivity contribution in [1.29, 1.82) is 0 Å². The van der Waals surface area contributed by atoms with E-state index in [-0.39, 0.29) is 12.3 Å². The Morgan fingerprint density at radius 1 is 1.14 bits per heavy atom. The van der Waals surface area contributed by atoms with Crippen LogP contribution in [0.4, 0.5) is 0 Å². The molecule has 1 heterocycles. The normalized spacial score (nSPS) is 17.0. The van der Waals surface area contributed by atoms with Crippen molar-refractivity contribution in [3.63, 3.8) is 0 Å². The number of β-lactam (4-membered cyclic amide) rings is 1. The molecule has 2 aromatic carbocycles. The molecule has 0 aliphatic carbocycles. The second kappa shape index (κ2) is 9.05. The fraction of sp³-hybridized carbons (Fsp3) is 0.227. The van der Waals surface area contributed by atoms with Crippen molar-refractivity contribution in [2.75, 3.05) is 13.7 Å². The van der Waals surface area contributed by atoms with Gasteiger partial charge in [0.25, 0.3) is 5.91 Å². The summed E-state index contributed by atoms with van der Waals surface area (Å²) in [6.45, 7) is -0.443. The molecule has 1 atom stereocenters. The van der Waals surface area contributed by atoms with E-state index in [2.05, 4.69) is 5.32 Å². The number of amides is 2. The summed E-state index contributed by atoms with van der Waals surface area (Å²) in [5, 5.41) is 11.8. The van der Waals surface area contributed by atoms with E-state index >= 15 is 0 Å². The lowest BCUT2D eigenvalue weighted by molar-refractivity contribution is -0.149. The summed E-state index contributed by atoms with van der Waals surface area (Å²) in [5.74, 6) is -1.15. The van der Waals surface area contributed by atoms with Crippen molar-refractivity contribution >= 4 is 17.8 Å². The number of carboxylic acid groups (broad SMARTS) is 1. The molecule has 0 saturated carbocycles. The number of likely N-dealkylation sites (tertiary alicyclic amines) is 1. The van der Waals surface area contributed by atoms with Crippen LogP contribution in [0.2, 0.25) is 0 Å². The van der Waals surface area contributed by atoms with Crippen LogP contribution in [0.15, 0.2) is 66.4 Å². The number of nitrogens with one attached hydrogen (secondary N) is 1. The molecule has 1 aliphatic heterocycles. The first-order valence-corrected chi connectivity index (χ1v) is 9.18. The summed E-state index contributed by atoms with van der Waals surface area (Å²) in [7, 11) is 1.57. The standard InChI is InChI=1S/C22H22N2O5/c1-29-18-10-6-5-9-16(18)11-12-17-21(22(28)24(17)14-20(26)27)23-19(25)13-15-7-3-2-4-8-15/h2-10,12,21H,11,13-14H2,1H3,(H,23,25)(H,26,27). The number of carboxylic acids is 1. The van der Waals surface area contributed by atoms with Gasteiger partial charge in [0.15, 0.2) is 0 Å². The minimum atomic E-state index is -1.12. The molecular formula is C22H22N2O5. The lowest BCUT2D eigenvalue weighted by Gasteiger charge is -2.40. The smallest absolute Gasteiger partial charge is 0.323 e. The molecule has 2 amide bonds. The third kappa shape index (κ3) is 4.82. The molecule has 7 nitrogen and oxygen atoms in total. The maximum Gasteiger partial charge on any atom is 0.323 e. The Labute approximate surface area is 168 Å². The van der Waals surface area contributed by atoms with Crippen molar-refractivity contribution in [2.24, 2.45) is 0 Å². The van der Waals surface area contributed by atoms with Gasteiger partial charge in [-0.15, -0.1) is 0 Å². The summed E-state index contributed by atoms with van der Waals surface area (Å²) in [6.07, 6.45) is 2.34. The zero-order valence-corrected chi connectivity index (χ0v) is 16.0. The third-order valence-corrected chi connectivity index (χ3v) is 4.65. The number of allylic oxidation sites excluding steroid dienone is 1. The summed E-state index contributed by atoms with van der Waals surface area (Å²) < 4.78 is 5.33. The van der Waals surface area contributed by atoms with E-state index < -0.39 is 24.5 Å². The average molecular weight is 394 g/mol. The van der Waals surface area contributed by atoms with Gasteiger partial charge in [-0.2, -0.15) is 0 Å². The molecule has 1 fully saturated rings. The number of aliphatic carboxylic acids is 1. The number of carbonyl (C=O) groups excluding carboxylic acids is 2. The van der Waals surface area contributed by atoms with Gasteiger partial charge in [0.05, 0.1) is 13.5 Å². The van der Waals surface area contributed by atoms with Gasteiger partial charge in [-0.25, -0.2) is 0 Å². The maximum absolute atomic E-state index is 12.4. The summed E-state index contributed by atoms with van der Waals surface area (Å²) in [4.78, 5) is 37.1. The Morgan fingerprint density at radius 3 is 2.52 bits per heavy atom. The first kappa shape index (κ1) is 20.1. The lowest BCUT2D eigenvalue weighted by Crippen LogP contribution is -2.62. The third-order valence-electron chi connectivity index (χ3n) is 4.65. The SMILES string of the molecule is COc1ccccc1CC=C1C(NC(=O)Cc2ccccc2)C(=O)N1CC(=O)O. The van der Waals surface area contributed by atoms with Crippen molar-refractivity contribution in [3.8, 4) is 5.75 Å². The summed E-state index contributed by atoms with van der Waals surface area (Å²) in [6, 6.07) is 15.8. The monoisotopic (exact) mass is 394 g/mol. The molecule has 1 aliphatic rings. The van der Waals surface area contributed by atoms with Gasteiger partial charge in [-0.1, -0.05) is 54.6 Å². The van der Waals surface area contributed by atoms with Gasteiger partial charge < -0.3 is 20.1 Å². The molecule has 1 saturated heterocycles. The number of methoxy groups -OCH3 is 1. The predicted octanol–water partition coefficient (Wildman–Crippen LogP) is 1.78. The maximum atomic E-state index is 12.4. The minimum Gasteiger partial charge on any atom is -0.496 e. The van der Waals surface area contributed by atoms with E-state index in [1.165, 1.54) is 4.90 Å². The van der Waals surface area contributed by atoms with Crippen molar-refractivity contribution in [2.45, 2.75) is 18.9 Å². The second-order valence-corrected chi connectivity index (χ2v) is 6.63. The highest BCUT2D eigenvalue weighted by Crippen LogP contribution is 2.26. The van der Waals surface area contributed by atoms with E-state index in [0.29, 0.717) is 17.9 Å². The zero-order valence-electron chi connectivity index (χ0n) is 16.0. The molecular weight excluding hydrogens is 372 g/mol. The Balaban J connectivity index is 1.75. The van der Waals surface area contributed by atoms with Crippen molar-refractivity contribution in [1.82, 2.24) is 10.2 Å². The number of carbonyl (C=O) groups is 3. The highest BCUT2D eigenvalue weighted by Gasteiger charge is 2.44. The molecule has 0 spiro atoms. The van der Waals surface area contributed by atoms with E-state index in [9.17, 15) is 14.4 Å². The highest BCUT2D eigenvalue weighted by atomic mass is 16.5. The quantitative estimate of drug-likeness (QED) is 0.666. The van der Waals surface area contributed by atoms with Crippen LogP contribution in [0.3, 0.4) is 0 Å². The molecule has 150 valence electrons. The van der Waals surface area contributed by atoms with Gasteiger partial charge in [-0.3, -0.25) is 14.4 Å². The summed E-state index contributed by atoms with van der Waals surface area (Å²) in [5.41, 5.74) is 2.20. The van der Waals surface area contributed by atoms with Crippen LogP contribution in [0.25, 0.3) is 0 Å². The predicted molar refractivity (Wildman–Crippen MR) is 106 cm³/mol. The number of ether oxygens (including phenoxy) is 1. The van der Waals surface area contributed by atoms with Gasteiger partial charge in [0, 0.05) is 5.70 Å². The topological polar surface area (TPSA) is 95.9 Å². The zero-order chi connectivity index (χ0) is 20.8. The number of benzene rings is 2. The molecule has 29 heavy (non-hydrogen) atoms. The van der Waals surface area contributed by atoms with Crippen molar-refractivity contribution in [3.05, 3.63) is 77.5 Å². The molecule has 2 aromatic rings. The Morgan fingerprint density at radius 2 is 1.83 bits per heavy atom. The molecule has 1 unspecified atom stereocenters. The number of hydrogen-bond acceptors (Lipinski definition) is 4. The fourth-order valence-corrected chi connectivity index (χ4v) is 3.25. The summed E-state index contributed by atoms with van der Waals surface area (Å²) >= 11 is 0. The van der Waals surface area contributed by atoms with Gasteiger partial charge in [0.2, 0.25) is 5.91 Å². The molecule has 3 rings (SSSR count). The second-order valence-electron chi connectivity index (χ2n) is 6.63. The first-order valence-electron chi connectivity index (χ1n) is 9.18. The van der Waals surface area contributed by atoms with E-state index in [0.717, 1.165) is 11.1 Å². The van der Waals surface area contributed by atoms with Crippen LogP contribution in [-0.4, -0.2) is 47.5 Å². The van der Waals surface area contributed by atoms with Crippen LogP contribution >= 0.6 is 0 Å². The fourth-order valence-electron chi connectivity index (χ4n) is 3.25. The first-order chi connectivity index (χ1) is 14.0. The highest BCUT2D eigenvalue weighted by molar-refractivity contribution is 5.99. The molecule has 7 heteroatoms. The Hall–Kier alpha value is -3.61. The number of nitrogens with zero attached hydrogens (tertiary/aromatic N) is 1. The number of hydrogen-bond donors (Lipinski definition) is 2. The molecule has 0 aromatic heterocycles. The van der Waals surface area contributed by atoms with Crippen molar-refractivity contribution < 1.29 is 24.2 Å². The Kier molecular flexibility index (Phi) is 6.29. The van der Waals surface area contributed by atoms with E-state index in [4.69, 9.17) is 9.84 Å². The number of rotatable bonds is 8. The number of para-hydroxylation sites is 1. The van der Waals surface area contributed by atoms with E-state index in [1.54, 1.807) is 13.2 Å². The minimum absolute atomic E-state index is 0.142. The van der Waals surface area contributed by atoms with E-state index in [1.807, 2.05) is 54.6 Å². The van der Waals surface area contributed by atoms with Crippen LogP contribution in [-0.2, 0) is 27.2 Å². The van der Waals surface area contributed by atoms with Crippen LogP contribution in [0.5, 0.6) is 5.75 Å². The molecule has 0 radical (unpaired) electrons. The lowest BCUT2D eigenvalue weighted by atomic mass is 9.98. The largest absolute Gasteiger partial charge is 0.496 e. The van der Waals surface area contributed by atoms with Gasteiger partial charge >= 0.3 is 5.97 Å². The molecule has 2 N–H and O–H groups in total. The van der Waals surface area contributed by atoms with Crippen LogP contribution in [0, 0.1) is 0 Å². The van der Waals surface area contributed by atoms with Gasteiger partial charge in [0.1, 0.15) is 18.3 Å². The van der Waals surface area contributed by atoms with Crippen LogP contribution < -0.4 is 10.1 Å². The molecule has 0 bridgehead atoms. The Bertz CT molecular complexity index is 939.